The van der Waals surface area contributed by atoms with Crippen molar-refractivity contribution in [1.82, 2.24) is 9.97 Å². The molecule has 2 N–H and O–H groups in total. The first-order valence-electron chi connectivity index (χ1n) is 8.37. The third kappa shape index (κ3) is 3.53. The third-order valence-electron chi connectivity index (χ3n) is 4.29. The molecule has 0 radical (unpaired) electrons. The molecule has 0 spiro atoms. The van der Waals surface area contributed by atoms with Gasteiger partial charge in [-0.15, -0.1) is 0 Å². The number of morpholine rings is 1. The Hall–Kier alpha value is -2.73. The summed E-state index contributed by atoms with van der Waals surface area (Å²) in [4.78, 5) is 22.6. The van der Waals surface area contributed by atoms with E-state index in [0.717, 1.165) is 17.7 Å². The highest BCUT2D eigenvalue weighted by molar-refractivity contribution is 5.95. The Morgan fingerprint density at radius 1 is 1.44 bits per heavy atom. The van der Waals surface area contributed by atoms with Crippen LogP contribution in [0.4, 0.5) is 11.8 Å². The summed E-state index contributed by atoms with van der Waals surface area (Å²) in [5.41, 5.74) is 10.0. The highest BCUT2D eigenvalue weighted by Crippen LogP contribution is 2.35. The predicted molar refractivity (Wildman–Crippen MR) is 99.0 cm³/mol. The first-order chi connectivity index (χ1) is 12.1. The third-order valence-corrected chi connectivity index (χ3v) is 4.29. The van der Waals surface area contributed by atoms with E-state index in [4.69, 9.17) is 10.5 Å². The molecule has 0 unspecified atom stereocenters. The zero-order valence-corrected chi connectivity index (χ0v) is 14.4. The van der Waals surface area contributed by atoms with E-state index in [1.54, 1.807) is 11.0 Å². The van der Waals surface area contributed by atoms with Crippen molar-refractivity contribution in [2.24, 2.45) is 0 Å². The average molecular weight is 338 g/mol. The number of nitrogens with two attached hydrogens (primary N) is 1. The van der Waals surface area contributed by atoms with Crippen molar-refractivity contribution in [2.75, 3.05) is 30.4 Å². The summed E-state index contributed by atoms with van der Waals surface area (Å²) in [6.45, 7) is 6.85. The molecule has 3 rings (SSSR count). The number of hydrogen-bond donors (Lipinski definition) is 1. The van der Waals surface area contributed by atoms with Gasteiger partial charge >= 0.3 is 0 Å². The maximum atomic E-state index is 12.2. The summed E-state index contributed by atoms with van der Waals surface area (Å²) in [6, 6.07) is 0. The lowest BCUT2D eigenvalue weighted by atomic mass is 10.0. The summed E-state index contributed by atoms with van der Waals surface area (Å²) in [7, 11) is 0. The monoisotopic (exact) mass is 338 g/mol. The summed E-state index contributed by atoms with van der Waals surface area (Å²) in [5.74, 6) is 0.693. The normalized spacial score (nSPS) is 17.8. The van der Waals surface area contributed by atoms with E-state index in [2.05, 4.69) is 29.5 Å². The Kier molecular flexibility index (Phi) is 5.09. The van der Waals surface area contributed by atoms with Crippen LogP contribution < -0.4 is 10.6 Å². The van der Waals surface area contributed by atoms with Crippen molar-refractivity contribution in [3.8, 4) is 0 Å². The molecule has 1 fully saturated rings. The number of fused-ring (bicyclic) bond motifs is 1. The van der Waals surface area contributed by atoms with E-state index in [0.29, 0.717) is 25.4 Å². The molecule has 0 atom stereocenters. The number of anilines is 2. The first-order valence-corrected chi connectivity index (χ1v) is 8.37. The van der Waals surface area contributed by atoms with E-state index < -0.39 is 0 Å². The number of hydrogen-bond acceptors (Lipinski definition) is 5. The topological polar surface area (TPSA) is 81.3 Å². The maximum Gasteiger partial charge on any atom is 0.254 e. The minimum Gasteiger partial charge on any atom is -0.370 e. The average Bonchev–Trinajstić information content (AvgIpc) is 3.02. The molecule has 1 aliphatic carbocycles. The molecule has 2 heterocycles. The van der Waals surface area contributed by atoms with Crippen LogP contribution in [0.1, 0.15) is 24.6 Å². The number of ether oxygens (including phenoxy) is 1. The number of carbonyl (C=O) groups excluding carboxylic acids is 1. The van der Waals surface area contributed by atoms with Gasteiger partial charge < -0.3 is 10.5 Å². The molecular weight excluding hydrogens is 316 g/mol. The van der Waals surface area contributed by atoms with Crippen molar-refractivity contribution < 1.29 is 9.53 Å². The van der Waals surface area contributed by atoms with Crippen molar-refractivity contribution >= 4 is 23.7 Å². The Morgan fingerprint density at radius 2 is 2.28 bits per heavy atom. The van der Waals surface area contributed by atoms with Crippen molar-refractivity contribution in [3.05, 3.63) is 53.3 Å². The minimum absolute atomic E-state index is 0.0748. The number of rotatable bonds is 5. The quantitative estimate of drug-likeness (QED) is 0.834. The Balaban J connectivity index is 1.95. The van der Waals surface area contributed by atoms with E-state index >= 15 is 0 Å². The van der Waals surface area contributed by atoms with E-state index in [1.165, 1.54) is 11.1 Å². The van der Waals surface area contributed by atoms with Gasteiger partial charge in [0.25, 0.3) is 5.91 Å². The maximum absolute atomic E-state index is 12.2. The molecule has 1 aliphatic heterocycles. The number of amides is 1. The van der Waals surface area contributed by atoms with Crippen molar-refractivity contribution in [1.29, 1.82) is 0 Å². The summed E-state index contributed by atoms with van der Waals surface area (Å²) >= 11 is 0. The second-order valence-electron chi connectivity index (χ2n) is 5.88. The van der Waals surface area contributed by atoms with E-state index in [1.807, 2.05) is 18.2 Å². The Bertz CT molecular complexity index is 793. The van der Waals surface area contributed by atoms with Crippen LogP contribution in [-0.2, 0) is 16.0 Å². The fraction of sp³-hybridized carbons (Fsp3) is 0.316. The van der Waals surface area contributed by atoms with E-state index in [9.17, 15) is 4.79 Å². The molecule has 0 saturated carbocycles. The molecular formula is C19H22N4O2. The van der Waals surface area contributed by atoms with Crippen molar-refractivity contribution in [3.63, 3.8) is 0 Å². The van der Waals surface area contributed by atoms with Gasteiger partial charge in [0.15, 0.2) is 0 Å². The molecule has 6 heteroatoms. The fourth-order valence-corrected chi connectivity index (χ4v) is 3.08. The largest absolute Gasteiger partial charge is 0.370 e. The molecule has 25 heavy (non-hydrogen) atoms. The van der Waals surface area contributed by atoms with Gasteiger partial charge in [0.05, 0.1) is 18.8 Å². The van der Waals surface area contributed by atoms with Crippen LogP contribution >= 0.6 is 0 Å². The molecule has 1 amide bonds. The highest BCUT2D eigenvalue weighted by atomic mass is 16.5. The molecule has 2 aliphatic rings. The lowest BCUT2D eigenvalue weighted by molar-refractivity contribution is -0.125. The molecule has 130 valence electrons. The number of allylic oxidation sites excluding steroid dienone is 6. The van der Waals surface area contributed by atoms with Gasteiger partial charge in [-0.1, -0.05) is 37.8 Å². The van der Waals surface area contributed by atoms with Crippen LogP contribution in [0.25, 0.3) is 6.08 Å². The Labute approximate surface area is 147 Å². The predicted octanol–water partition coefficient (Wildman–Crippen LogP) is 2.44. The van der Waals surface area contributed by atoms with Gasteiger partial charge in [0.1, 0.15) is 12.4 Å². The summed E-state index contributed by atoms with van der Waals surface area (Å²) < 4.78 is 5.21. The van der Waals surface area contributed by atoms with E-state index in [-0.39, 0.29) is 18.5 Å². The smallest absolute Gasteiger partial charge is 0.254 e. The van der Waals surface area contributed by atoms with Crippen LogP contribution in [0.5, 0.6) is 0 Å². The molecule has 1 saturated heterocycles. The molecule has 6 nitrogen and oxygen atoms in total. The lowest BCUT2D eigenvalue weighted by Crippen LogP contribution is -2.42. The van der Waals surface area contributed by atoms with Gasteiger partial charge in [-0.2, -0.15) is 4.98 Å². The number of nitrogens with zero attached hydrogens (tertiary/aromatic N) is 3. The van der Waals surface area contributed by atoms with Gasteiger partial charge in [0.2, 0.25) is 5.95 Å². The van der Waals surface area contributed by atoms with Crippen LogP contribution in [0.15, 0.2) is 42.0 Å². The molecule has 0 bridgehead atoms. The minimum atomic E-state index is -0.0971. The van der Waals surface area contributed by atoms with Crippen LogP contribution in [-0.4, -0.2) is 35.6 Å². The second-order valence-corrected chi connectivity index (χ2v) is 5.88. The Morgan fingerprint density at radius 3 is 3.00 bits per heavy atom. The van der Waals surface area contributed by atoms with Gasteiger partial charge in [-0.05, 0) is 23.6 Å². The summed E-state index contributed by atoms with van der Waals surface area (Å²) in [5, 5.41) is 0. The van der Waals surface area contributed by atoms with Gasteiger partial charge in [-0.25, -0.2) is 4.98 Å². The number of aromatic nitrogens is 2. The fourth-order valence-electron chi connectivity index (χ4n) is 3.08. The second kappa shape index (κ2) is 7.44. The lowest BCUT2D eigenvalue weighted by Gasteiger charge is -2.27. The number of carbonyl (C=O) groups is 1. The standard InChI is InChI=1S/C19H22N4O2/c1-3-5-6-7-13(4-2)14-10-15-16(11-14)21-19(20)22-18(15)23-8-9-25-12-17(23)24/h3,5-7,11H,1,4,8-10,12H2,2H3,(H2,20,21,22)/b6-5-,13-7+. The van der Waals surface area contributed by atoms with Gasteiger partial charge in [-0.3, -0.25) is 9.69 Å². The van der Waals surface area contributed by atoms with Gasteiger partial charge in [0, 0.05) is 12.0 Å². The SMILES string of the molecule is C=C/C=C\C=C(/CC)C1=Cc2nc(N)nc(N3CCOCC3=O)c2C1. The zero-order valence-electron chi connectivity index (χ0n) is 14.4. The molecule has 0 aromatic carbocycles. The summed E-state index contributed by atoms with van der Waals surface area (Å²) in [6.07, 6.45) is 11.3. The number of nitrogen functional groups attached to an aromatic ring is 1. The van der Waals surface area contributed by atoms with Crippen LogP contribution in [0.2, 0.25) is 0 Å². The molecule has 1 aromatic heterocycles. The van der Waals surface area contributed by atoms with Crippen molar-refractivity contribution in [2.45, 2.75) is 19.8 Å². The van der Waals surface area contributed by atoms with Crippen LogP contribution in [0.3, 0.4) is 0 Å². The first kappa shape index (κ1) is 17.1. The zero-order chi connectivity index (χ0) is 17.8. The van der Waals surface area contributed by atoms with Crippen LogP contribution in [0, 0.1) is 0 Å². The molecule has 1 aromatic rings. The highest BCUT2D eigenvalue weighted by Gasteiger charge is 2.29.